The Morgan fingerprint density at radius 2 is 1.07 bits per heavy atom. The van der Waals surface area contributed by atoms with Gasteiger partial charge < -0.3 is 18.5 Å². The first kappa shape index (κ1) is 31.8. The molecular formula is C22H16F9N3O5P3+. The molecule has 3 aromatic rings. The molecule has 1 aliphatic heterocycles. The van der Waals surface area contributed by atoms with E-state index >= 15 is 0 Å². The third kappa shape index (κ3) is 7.84. The maximum Gasteiger partial charge on any atom is 0.601 e. The van der Waals surface area contributed by atoms with Crippen molar-refractivity contribution in [3.05, 3.63) is 89.5 Å². The molecule has 0 aromatic heterocycles. The highest BCUT2D eigenvalue weighted by molar-refractivity contribution is 7.74. The van der Waals surface area contributed by atoms with Gasteiger partial charge in [-0.05, 0) is 54.6 Å². The van der Waals surface area contributed by atoms with E-state index in [4.69, 9.17) is 18.1 Å². The highest BCUT2D eigenvalue weighted by atomic mass is 31.3. The molecule has 1 aliphatic rings. The fourth-order valence-corrected chi connectivity index (χ4v) is 9.88. The summed E-state index contributed by atoms with van der Waals surface area (Å²) in [6, 6.07) is 9.85. The smallest absolute Gasteiger partial charge is 0.411 e. The summed E-state index contributed by atoms with van der Waals surface area (Å²) < 4.78 is 153. The lowest BCUT2D eigenvalue weighted by Crippen LogP contribution is -2.07. The molecule has 0 saturated carbocycles. The molecule has 0 amide bonds. The Morgan fingerprint density at radius 3 is 1.48 bits per heavy atom. The Kier molecular flexibility index (Phi) is 8.74. The summed E-state index contributed by atoms with van der Waals surface area (Å²) in [5.74, 6) is -1.59. The second kappa shape index (κ2) is 11.5. The Morgan fingerprint density at radius 1 is 0.667 bits per heavy atom. The lowest BCUT2D eigenvalue weighted by atomic mass is 10.2. The molecule has 0 aliphatic carbocycles. The summed E-state index contributed by atoms with van der Waals surface area (Å²) in [6.45, 7) is 0. The van der Waals surface area contributed by atoms with Crippen LogP contribution in [0.4, 0.5) is 39.5 Å². The first-order chi connectivity index (χ1) is 19.4. The average molecular weight is 666 g/mol. The topological polar surface area (TPSA) is 94.2 Å². The van der Waals surface area contributed by atoms with Gasteiger partial charge in [0.05, 0.1) is 25.7 Å². The van der Waals surface area contributed by atoms with Crippen LogP contribution in [0.3, 0.4) is 0 Å². The van der Waals surface area contributed by atoms with Crippen molar-refractivity contribution < 1.29 is 62.5 Å². The van der Waals surface area contributed by atoms with E-state index in [9.17, 15) is 44.4 Å². The molecule has 3 aromatic carbocycles. The zero-order valence-corrected chi connectivity index (χ0v) is 23.3. The molecule has 8 nitrogen and oxygen atoms in total. The largest absolute Gasteiger partial charge is 0.601 e. The van der Waals surface area contributed by atoms with Gasteiger partial charge in [-0.2, -0.15) is 39.5 Å². The van der Waals surface area contributed by atoms with Crippen molar-refractivity contribution in [3.63, 3.8) is 0 Å². The first-order valence-electron chi connectivity index (χ1n) is 11.1. The van der Waals surface area contributed by atoms with Gasteiger partial charge in [-0.1, -0.05) is 18.2 Å². The first-order valence-corrected chi connectivity index (χ1v) is 15.3. The molecule has 20 heteroatoms. The predicted octanol–water partition coefficient (Wildman–Crippen LogP) is 10.3. The van der Waals surface area contributed by atoms with Crippen LogP contribution in [-0.2, 0) is 23.1 Å². The van der Waals surface area contributed by atoms with Gasteiger partial charge in [0, 0.05) is 7.11 Å². The molecule has 2 atom stereocenters. The van der Waals surface area contributed by atoms with Crippen molar-refractivity contribution in [2.45, 2.75) is 18.5 Å². The van der Waals surface area contributed by atoms with Crippen LogP contribution in [0, 0.1) is 0 Å². The lowest BCUT2D eigenvalue weighted by molar-refractivity contribution is -0.138. The molecule has 0 spiro atoms. The molecule has 0 saturated heterocycles. The highest BCUT2D eigenvalue weighted by Gasteiger charge is 2.46. The summed E-state index contributed by atoms with van der Waals surface area (Å²) in [5, 5.41) is 0. The summed E-state index contributed by atoms with van der Waals surface area (Å²) >= 11 is 0. The molecule has 42 heavy (non-hydrogen) atoms. The van der Waals surface area contributed by atoms with Gasteiger partial charge in [0.1, 0.15) is 11.5 Å². The van der Waals surface area contributed by atoms with Crippen LogP contribution in [0.25, 0.3) is 0 Å². The third-order valence-corrected chi connectivity index (χ3v) is 11.6. The SMILES string of the molecule is COP1(O)=NP(Oc2cccc(C(F)(F)F)c2)(Oc2cccc(C(F)(F)F)c2)=N[P+](Oc2cccc(C(F)(F)F)c2)=N1. The van der Waals surface area contributed by atoms with E-state index in [1.807, 2.05) is 0 Å². The quantitative estimate of drug-likeness (QED) is 0.200. The van der Waals surface area contributed by atoms with Crippen LogP contribution in [-0.4, -0.2) is 12.0 Å². The minimum absolute atomic E-state index is 0.441. The number of halogens is 9. The monoisotopic (exact) mass is 666 g/mol. The molecule has 4 rings (SSSR count). The van der Waals surface area contributed by atoms with Crippen LogP contribution in [0.2, 0.25) is 0 Å². The van der Waals surface area contributed by atoms with E-state index < -0.39 is 75.9 Å². The van der Waals surface area contributed by atoms with Gasteiger partial charge in [0.15, 0.2) is 5.75 Å². The van der Waals surface area contributed by atoms with Crippen molar-refractivity contribution >= 4 is 23.4 Å². The van der Waals surface area contributed by atoms with Crippen molar-refractivity contribution in [2.75, 3.05) is 7.11 Å². The Bertz CT molecular complexity index is 1560. The number of hydrogen-bond donors (Lipinski definition) is 1. The molecule has 1 N–H and O–H groups in total. The molecule has 0 fully saturated rings. The number of benzene rings is 3. The van der Waals surface area contributed by atoms with Crippen molar-refractivity contribution in [1.29, 1.82) is 0 Å². The minimum atomic E-state index is -4.83. The van der Waals surface area contributed by atoms with Gasteiger partial charge in [0.2, 0.25) is 0 Å². The van der Waals surface area contributed by atoms with E-state index in [0.717, 1.165) is 49.6 Å². The molecule has 226 valence electrons. The van der Waals surface area contributed by atoms with E-state index in [0.29, 0.717) is 30.3 Å². The Balaban J connectivity index is 1.87. The van der Waals surface area contributed by atoms with Crippen molar-refractivity contribution in [2.24, 2.45) is 13.5 Å². The normalized spacial score (nSPS) is 19.6. The van der Waals surface area contributed by atoms with E-state index in [1.54, 1.807) is 0 Å². The van der Waals surface area contributed by atoms with Crippen molar-refractivity contribution in [3.8, 4) is 17.2 Å². The molecule has 0 bridgehead atoms. The molecule has 0 radical (unpaired) electrons. The van der Waals surface area contributed by atoms with Crippen LogP contribution in [0.15, 0.2) is 86.3 Å². The van der Waals surface area contributed by atoms with Gasteiger partial charge in [-0.3, -0.25) is 0 Å². The van der Waals surface area contributed by atoms with E-state index in [-0.39, 0.29) is 0 Å². The number of hydrogen-bond acceptors (Lipinski definition) is 7. The third-order valence-electron chi connectivity index (χ3n) is 4.98. The summed E-state index contributed by atoms with van der Waals surface area (Å²) in [4.78, 5) is 10.9. The Hall–Kier alpha value is -3.09. The second-order valence-corrected chi connectivity index (χ2v) is 13.6. The summed E-state index contributed by atoms with van der Waals surface area (Å²) in [5.41, 5.74) is -3.48. The fraction of sp³-hybridized carbons (Fsp3) is 0.182. The molecule has 1 heterocycles. The second-order valence-electron chi connectivity index (χ2n) is 8.06. The standard InChI is InChI=1S/C22H16F9N3O5P3/c1-36-41(35)32-40(37-17-8-2-5-14(11-17)20(23,24)25)33-42(34-41,38-18-9-3-6-15(12-18)21(26,27)28)39-19-10-4-7-16(13-19)22(29,30)31/h2-13,35H,1H3/q+1. The fourth-order valence-electron chi connectivity index (χ4n) is 3.16. The highest BCUT2D eigenvalue weighted by Crippen LogP contribution is 2.72. The van der Waals surface area contributed by atoms with Crippen LogP contribution < -0.4 is 13.6 Å². The van der Waals surface area contributed by atoms with Crippen LogP contribution in [0.1, 0.15) is 16.7 Å². The van der Waals surface area contributed by atoms with Gasteiger partial charge in [-0.15, -0.1) is 4.52 Å². The number of alkyl halides is 9. The van der Waals surface area contributed by atoms with Gasteiger partial charge >= 0.3 is 41.9 Å². The van der Waals surface area contributed by atoms with Crippen LogP contribution >= 0.6 is 23.4 Å². The maximum absolute atomic E-state index is 13.3. The molecular weight excluding hydrogens is 650 g/mol. The lowest BCUT2D eigenvalue weighted by Gasteiger charge is -2.22. The Labute approximate surface area is 232 Å². The predicted molar refractivity (Wildman–Crippen MR) is 133 cm³/mol. The van der Waals surface area contributed by atoms with E-state index in [2.05, 4.69) is 13.5 Å². The number of nitrogens with zero attached hydrogens (tertiary/aromatic N) is 3. The number of rotatable bonds is 7. The van der Waals surface area contributed by atoms with Crippen LogP contribution in [0.5, 0.6) is 17.2 Å². The molecule has 2 unspecified atom stereocenters. The van der Waals surface area contributed by atoms with Crippen molar-refractivity contribution in [1.82, 2.24) is 0 Å². The summed E-state index contributed by atoms with van der Waals surface area (Å²) in [6.07, 6.45) is -14.4. The minimum Gasteiger partial charge on any atom is -0.411 e. The van der Waals surface area contributed by atoms with E-state index in [1.165, 1.54) is 0 Å². The van der Waals surface area contributed by atoms with Gasteiger partial charge in [-0.25, -0.2) is 4.52 Å². The zero-order chi connectivity index (χ0) is 31.0. The maximum atomic E-state index is 13.3. The summed E-state index contributed by atoms with van der Waals surface area (Å²) in [7, 11) is -10.8. The average Bonchev–Trinajstić information content (AvgIpc) is 2.87. The van der Waals surface area contributed by atoms with Gasteiger partial charge in [0.25, 0.3) is 0 Å². The zero-order valence-electron chi connectivity index (χ0n) is 20.6.